The molecule has 0 bridgehead atoms. The molecule has 2 nitrogen and oxygen atoms in total. The largest absolute Gasteiger partial charge is 0.325 e. The number of amides is 1. The van der Waals surface area contributed by atoms with Crippen LogP contribution in [0, 0.1) is 6.07 Å². The molecule has 1 N–H and O–H groups in total. The Labute approximate surface area is 71.6 Å². The number of nitrogens with one attached hydrogen (secondary N) is 1. The van der Waals surface area contributed by atoms with Gasteiger partial charge in [-0.2, -0.15) is 0 Å². The van der Waals surface area contributed by atoms with Gasteiger partial charge in [-0.05, 0) is 37.6 Å². The van der Waals surface area contributed by atoms with Crippen molar-refractivity contribution in [3.8, 4) is 0 Å². The highest BCUT2D eigenvalue weighted by molar-refractivity contribution is 6.05. The fraction of sp³-hybridized carbons (Fsp3) is 0.300. The van der Waals surface area contributed by atoms with Crippen molar-refractivity contribution >= 4 is 11.6 Å². The minimum Gasteiger partial charge on any atom is -0.325 e. The molecule has 0 aromatic heterocycles. The molecule has 1 aliphatic heterocycles. The Morgan fingerprint density at radius 2 is 2.25 bits per heavy atom. The van der Waals surface area contributed by atoms with E-state index in [0.717, 1.165) is 11.3 Å². The summed E-state index contributed by atoms with van der Waals surface area (Å²) < 4.78 is 0. The molecule has 0 fully saturated rings. The number of carbonyl (C=O) groups is 1. The third kappa shape index (κ3) is 0.779. The van der Waals surface area contributed by atoms with Crippen molar-refractivity contribution in [2.75, 3.05) is 5.32 Å². The molecule has 1 heterocycles. The number of rotatable bonds is 0. The lowest BCUT2D eigenvalue weighted by atomic mass is 9.86. The summed E-state index contributed by atoms with van der Waals surface area (Å²) >= 11 is 0. The number of hydrogen-bond acceptors (Lipinski definition) is 1. The number of carbonyl (C=O) groups excluding carboxylic acids is 1. The maximum absolute atomic E-state index is 11.4. The van der Waals surface area contributed by atoms with Crippen molar-refractivity contribution in [1.29, 1.82) is 0 Å². The third-order valence-electron chi connectivity index (χ3n) is 2.35. The van der Waals surface area contributed by atoms with Gasteiger partial charge in [-0.3, -0.25) is 4.79 Å². The van der Waals surface area contributed by atoms with Crippen LogP contribution in [0.3, 0.4) is 0 Å². The van der Waals surface area contributed by atoms with Gasteiger partial charge in [0.1, 0.15) is 0 Å². The van der Waals surface area contributed by atoms with Crippen LogP contribution in [0.15, 0.2) is 18.2 Å². The van der Waals surface area contributed by atoms with Crippen LogP contribution in [-0.2, 0) is 10.2 Å². The van der Waals surface area contributed by atoms with E-state index in [0.29, 0.717) is 0 Å². The monoisotopic (exact) mass is 160 g/mol. The fourth-order valence-electron chi connectivity index (χ4n) is 1.46. The lowest BCUT2D eigenvalue weighted by molar-refractivity contribution is -0.119. The minimum atomic E-state index is -0.396. The first-order valence-electron chi connectivity index (χ1n) is 3.94. The second-order valence-electron chi connectivity index (χ2n) is 3.55. The summed E-state index contributed by atoms with van der Waals surface area (Å²) in [6.07, 6.45) is 0. The number of fused-ring (bicyclic) bond motifs is 1. The smallest absolute Gasteiger partial charge is 0.234 e. The SMILES string of the molecule is CC1(C)C(=O)Nc2cc[c]cc21. The predicted molar refractivity (Wildman–Crippen MR) is 46.9 cm³/mol. The van der Waals surface area contributed by atoms with Gasteiger partial charge in [-0.1, -0.05) is 6.07 Å². The van der Waals surface area contributed by atoms with E-state index in [4.69, 9.17) is 0 Å². The molecule has 0 aliphatic carbocycles. The van der Waals surface area contributed by atoms with E-state index in [1.54, 1.807) is 6.07 Å². The van der Waals surface area contributed by atoms with Crippen molar-refractivity contribution in [2.45, 2.75) is 19.3 Å². The van der Waals surface area contributed by atoms with Gasteiger partial charge in [0.2, 0.25) is 5.91 Å². The summed E-state index contributed by atoms with van der Waals surface area (Å²) in [7, 11) is 0. The Bertz CT molecular complexity index is 341. The van der Waals surface area contributed by atoms with E-state index >= 15 is 0 Å². The van der Waals surface area contributed by atoms with E-state index in [1.807, 2.05) is 26.0 Å². The van der Waals surface area contributed by atoms with E-state index in [1.165, 1.54) is 0 Å². The molecule has 0 unspecified atom stereocenters. The highest BCUT2D eigenvalue weighted by Gasteiger charge is 2.37. The van der Waals surface area contributed by atoms with Crippen molar-refractivity contribution in [3.63, 3.8) is 0 Å². The summed E-state index contributed by atoms with van der Waals surface area (Å²) in [6.45, 7) is 3.84. The van der Waals surface area contributed by atoms with Gasteiger partial charge < -0.3 is 5.32 Å². The van der Waals surface area contributed by atoms with Crippen LogP contribution in [0.4, 0.5) is 5.69 Å². The molecule has 1 aliphatic rings. The van der Waals surface area contributed by atoms with E-state index in [9.17, 15) is 4.79 Å². The maximum Gasteiger partial charge on any atom is 0.234 e. The Morgan fingerprint density at radius 3 is 2.92 bits per heavy atom. The Kier molecular flexibility index (Phi) is 1.28. The highest BCUT2D eigenvalue weighted by atomic mass is 16.2. The van der Waals surface area contributed by atoms with Crippen LogP contribution in [-0.4, -0.2) is 5.91 Å². The molecular formula is C10H10NO. The van der Waals surface area contributed by atoms with Crippen LogP contribution in [0.25, 0.3) is 0 Å². The Balaban J connectivity index is 2.63. The molecule has 1 amide bonds. The molecule has 0 saturated heterocycles. The highest BCUT2D eigenvalue weighted by Crippen LogP contribution is 2.36. The standard InChI is InChI=1S/C10H10NO/c1-10(2)7-5-3-4-6-8(7)11-9(10)12/h4-6H,1-2H3,(H,11,12). The molecule has 0 spiro atoms. The first-order chi connectivity index (χ1) is 5.62. The van der Waals surface area contributed by atoms with Crippen molar-refractivity contribution in [3.05, 3.63) is 29.8 Å². The normalized spacial score (nSPS) is 18.7. The lowest BCUT2D eigenvalue weighted by Gasteiger charge is -2.13. The quantitative estimate of drug-likeness (QED) is 0.615. The number of hydrogen-bond donors (Lipinski definition) is 1. The van der Waals surface area contributed by atoms with Crippen LogP contribution >= 0.6 is 0 Å². The average molecular weight is 160 g/mol. The molecule has 2 heteroatoms. The van der Waals surface area contributed by atoms with Gasteiger partial charge in [-0.25, -0.2) is 0 Å². The third-order valence-corrected chi connectivity index (χ3v) is 2.35. The van der Waals surface area contributed by atoms with Gasteiger partial charge in [0.05, 0.1) is 5.41 Å². The zero-order valence-electron chi connectivity index (χ0n) is 7.14. The average Bonchev–Trinajstić information content (AvgIpc) is 2.25. The molecule has 61 valence electrons. The fourth-order valence-corrected chi connectivity index (χ4v) is 1.46. The minimum absolute atomic E-state index is 0.0668. The summed E-state index contributed by atoms with van der Waals surface area (Å²) in [5.41, 5.74) is 1.56. The molecule has 0 atom stereocenters. The summed E-state index contributed by atoms with van der Waals surface area (Å²) in [4.78, 5) is 11.4. The molecule has 1 radical (unpaired) electrons. The summed E-state index contributed by atoms with van der Waals surface area (Å²) in [6, 6.07) is 8.53. The van der Waals surface area contributed by atoms with Crippen LogP contribution < -0.4 is 5.32 Å². The van der Waals surface area contributed by atoms with Gasteiger partial charge in [0.25, 0.3) is 0 Å². The van der Waals surface area contributed by atoms with Gasteiger partial charge in [0, 0.05) is 5.69 Å². The molecule has 12 heavy (non-hydrogen) atoms. The molecule has 1 aromatic rings. The van der Waals surface area contributed by atoms with E-state index in [2.05, 4.69) is 11.4 Å². The second kappa shape index (κ2) is 2.09. The van der Waals surface area contributed by atoms with Crippen LogP contribution in [0.5, 0.6) is 0 Å². The molecule has 2 rings (SSSR count). The first-order valence-corrected chi connectivity index (χ1v) is 3.94. The van der Waals surface area contributed by atoms with Crippen LogP contribution in [0.1, 0.15) is 19.4 Å². The second-order valence-corrected chi connectivity index (χ2v) is 3.55. The zero-order valence-corrected chi connectivity index (χ0v) is 7.14. The zero-order chi connectivity index (χ0) is 8.77. The Hall–Kier alpha value is -1.31. The van der Waals surface area contributed by atoms with Gasteiger partial charge in [0.15, 0.2) is 0 Å². The van der Waals surface area contributed by atoms with Crippen molar-refractivity contribution in [1.82, 2.24) is 0 Å². The molecule has 1 aromatic carbocycles. The van der Waals surface area contributed by atoms with E-state index in [-0.39, 0.29) is 5.91 Å². The predicted octanol–water partition coefficient (Wildman–Crippen LogP) is 1.72. The van der Waals surface area contributed by atoms with Crippen molar-refractivity contribution in [2.24, 2.45) is 0 Å². The molecule has 0 saturated carbocycles. The number of anilines is 1. The van der Waals surface area contributed by atoms with E-state index < -0.39 is 5.41 Å². The lowest BCUT2D eigenvalue weighted by Crippen LogP contribution is -2.26. The van der Waals surface area contributed by atoms with Crippen LogP contribution in [0.2, 0.25) is 0 Å². The summed E-state index contributed by atoms with van der Waals surface area (Å²) in [5, 5.41) is 2.83. The van der Waals surface area contributed by atoms with Gasteiger partial charge in [-0.15, -0.1) is 0 Å². The Morgan fingerprint density at radius 1 is 1.50 bits per heavy atom. The first kappa shape index (κ1) is 7.35. The number of benzene rings is 1. The van der Waals surface area contributed by atoms with Crippen molar-refractivity contribution < 1.29 is 4.79 Å². The summed E-state index contributed by atoms with van der Waals surface area (Å²) in [5.74, 6) is 0.0668. The topological polar surface area (TPSA) is 29.1 Å². The maximum atomic E-state index is 11.4. The van der Waals surface area contributed by atoms with Gasteiger partial charge >= 0.3 is 0 Å². The molecular weight excluding hydrogens is 150 g/mol.